The lowest BCUT2D eigenvalue weighted by atomic mass is 10.3. The van der Waals surface area contributed by atoms with Crippen LogP contribution in [0.4, 0.5) is 4.79 Å². The van der Waals surface area contributed by atoms with E-state index in [0.717, 1.165) is 5.41 Å². The van der Waals surface area contributed by atoms with Gasteiger partial charge in [0.1, 0.15) is 0 Å². The Morgan fingerprint density at radius 3 is 2.85 bits per heavy atom. The lowest BCUT2D eigenvalue weighted by molar-refractivity contribution is 0.151. The Morgan fingerprint density at radius 1 is 1.69 bits per heavy atom. The molecule has 1 aliphatic heterocycles. The standard InChI is InChI=1S/C7H11NO4S/c1-2-12-7(9)8-6-3-4-13(10,11)5-6/h3-4,6H,2,5H2,1H3,(H,8,9)/t6-/m1/s1. The van der Waals surface area contributed by atoms with Crippen molar-refractivity contribution < 1.29 is 17.9 Å². The van der Waals surface area contributed by atoms with Crippen molar-refractivity contribution in [2.75, 3.05) is 12.4 Å². The van der Waals surface area contributed by atoms with Gasteiger partial charge in [0.05, 0.1) is 18.4 Å². The summed E-state index contributed by atoms with van der Waals surface area (Å²) in [4.78, 5) is 10.8. The molecule has 0 bridgehead atoms. The second-order valence-corrected chi connectivity index (χ2v) is 4.56. The maximum absolute atomic E-state index is 10.9. The normalized spacial score (nSPS) is 24.2. The minimum absolute atomic E-state index is 0.0776. The molecular formula is C7H11NO4S. The fourth-order valence-corrected chi connectivity index (χ4v) is 2.23. The highest BCUT2D eigenvalue weighted by molar-refractivity contribution is 7.94. The van der Waals surface area contributed by atoms with Crippen LogP contribution in [0.3, 0.4) is 0 Å². The minimum atomic E-state index is -3.11. The largest absolute Gasteiger partial charge is 0.450 e. The first-order valence-electron chi connectivity index (χ1n) is 3.88. The first-order chi connectivity index (χ1) is 6.03. The van der Waals surface area contributed by atoms with Crippen molar-refractivity contribution >= 4 is 15.9 Å². The van der Waals surface area contributed by atoms with Crippen LogP contribution >= 0.6 is 0 Å². The number of hydrogen-bond acceptors (Lipinski definition) is 4. The molecule has 74 valence electrons. The van der Waals surface area contributed by atoms with Gasteiger partial charge in [-0.25, -0.2) is 13.2 Å². The molecule has 0 fully saturated rings. The number of hydrogen-bond donors (Lipinski definition) is 1. The van der Waals surface area contributed by atoms with Crippen molar-refractivity contribution in [1.82, 2.24) is 5.32 Å². The van der Waals surface area contributed by atoms with Crippen LogP contribution in [-0.4, -0.2) is 32.9 Å². The Bertz CT molecular complexity index is 319. The zero-order valence-corrected chi connectivity index (χ0v) is 8.00. The Morgan fingerprint density at radius 2 is 2.38 bits per heavy atom. The number of ether oxygens (including phenoxy) is 1. The van der Waals surface area contributed by atoms with Crippen LogP contribution < -0.4 is 5.32 Å². The van der Waals surface area contributed by atoms with E-state index < -0.39 is 22.0 Å². The molecular weight excluding hydrogens is 194 g/mol. The van der Waals surface area contributed by atoms with Gasteiger partial charge in [0.2, 0.25) is 0 Å². The number of carbonyl (C=O) groups is 1. The lowest BCUT2D eigenvalue weighted by Gasteiger charge is -2.08. The summed E-state index contributed by atoms with van der Waals surface area (Å²) in [5.74, 6) is -0.0776. The van der Waals surface area contributed by atoms with Crippen molar-refractivity contribution in [2.24, 2.45) is 0 Å². The molecule has 0 saturated carbocycles. The van der Waals surface area contributed by atoms with Gasteiger partial charge in [-0.2, -0.15) is 0 Å². The molecule has 13 heavy (non-hydrogen) atoms. The first-order valence-corrected chi connectivity index (χ1v) is 5.59. The maximum Gasteiger partial charge on any atom is 0.407 e. The number of rotatable bonds is 2. The van der Waals surface area contributed by atoms with Gasteiger partial charge in [0, 0.05) is 5.41 Å². The molecule has 1 aliphatic rings. The molecule has 0 aromatic carbocycles. The van der Waals surface area contributed by atoms with Gasteiger partial charge >= 0.3 is 6.09 Å². The smallest absolute Gasteiger partial charge is 0.407 e. The van der Waals surface area contributed by atoms with Crippen LogP contribution in [0.1, 0.15) is 6.92 Å². The number of nitrogens with one attached hydrogen (secondary N) is 1. The van der Waals surface area contributed by atoms with E-state index in [1.165, 1.54) is 6.08 Å². The number of alkyl carbamates (subject to hydrolysis) is 1. The Kier molecular flexibility index (Phi) is 2.92. The van der Waals surface area contributed by atoms with Crippen LogP contribution in [0.5, 0.6) is 0 Å². The van der Waals surface area contributed by atoms with Gasteiger partial charge in [0.25, 0.3) is 0 Å². The van der Waals surface area contributed by atoms with Gasteiger partial charge in [-0.1, -0.05) is 0 Å². The van der Waals surface area contributed by atoms with E-state index in [1.54, 1.807) is 6.92 Å². The third-order valence-corrected chi connectivity index (χ3v) is 2.90. The van der Waals surface area contributed by atoms with Crippen molar-refractivity contribution in [2.45, 2.75) is 13.0 Å². The molecule has 0 aromatic heterocycles. The minimum Gasteiger partial charge on any atom is -0.450 e. The molecule has 0 aliphatic carbocycles. The Balaban J connectivity index is 2.42. The fraction of sp³-hybridized carbons (Fsp3) is 0.571. The average molecular weight is 205 g/mol. The third-order valence-electron chi connectivity index (χ3n) is 1.51. The molecule has 1 amide bonds. The maximum atomic E-state index is 10.9. The third kappa shape index (κ3) is 3.06. The van der Waals surface area contributed by atoms with Crippen LogP contribution in [0.15, 0.2) is 11.5 Å². The highest BCUT2D eigenvalue weighted by atomic mass is 32.2. The van der Waals surface area contributed by atoms with Crippen molar-refractivity contribution in [3.8, 4) is 0 Å². The molecule has 1 N–H and O–H groups in total. The molecule has 0 spiro atoms. The second-order valence-electron chi connectivity index (χ2n) is 2.63. The average Bonchev–Trinajstić information content (AvgIpc) is 2.30. The zero-order valence-electron chi connectivity index (χ0n) is 7.19. The van der Waals surface area contributed by atoms with Crippen molar-refractivity contribution in [3.05, 3.63) is 11.5 Å². The number of carbonyl (C=O) groups excluding carboxylic acids is 1. The van der Waals surface area contributed by atoms with Crippen molar-refractivity contribution in [1.29, 1.82) is 0 Å². The molecule has 1 heterocycles. The van der Waals surface area contributed by atoms with Gasteiger partial charge < -0.3 is 10.1 Å². The van der Waals surface area contributed by atoms with Crippen LogP contribution in [0, 0.1) is 0 Å². The molecule has 1 atom stereocenters. The molecule has 5 nitrogen and oxygen atoms in total. The number of sulfone groups is 1. The van der Waals surface area contributed by atoms with Gasteiger partial charge in [-0.15, -0.1) is 0 Å². The summed E-state index contributed by atoms with van der Waals surface area (Å²) in [5.41, 5.74) is 0. The van der Waals surface area contributed by atoms with Gasteiger partial charge in [-0.3, -0.25) is 0 Å². The second kappa shape index (κ2) is 3.78. The summed E-state index contributed by atoms with van der Waals surface area (Å²) >= 11 is 0. The molecule has 0 unspecified atom stereocenters. The van der Waals surface area contributed by atoms with E-state index in [1.807, 2.05) is 0 Å². The van der Waals surface area contributed by atoms with Gasteiger partial charge in [0.15, 0.2) is 9.84 Å². The predicted molar refractivity (Wildman–Crippen MR) is 46.9 cm³/mol. The SMILES string of the molecule is CCOC(=O)N[C@@H]1C=CS(=O)(=O)C1. The summed E-state index contributed by atoms with van der Waals surface area (Å²) in [7, 11) is -3.11. The number of amides is 1. The Hall–Kier alpha value is -1.04. The zero-order chi connectivity index (χ0) is 9.90. The Labute approximate surface area is 76.7 Å². The van der Waals surface area contributed by atoms with E-state index in [0.29, 0.717) is 0 Å². The first kappa shape index (κ1) is 10.0. The molecule has 0 aromatic rings. The highest BCUT2D eigenvalue weighted by Crippen LogP contribution is 2.07. The predicted octanol–water partition coefficient (Wildman–Crippen LogP) is 0.0432. The molecule has 0 radical (unpaired) electrons. The summed E-state index contributed by atoms with van der Waals surface area (Å²) in [6.07, 6.45) is 0.848. The van der Waals surface area contributed by atoms with Gasteiger partial charge in [-0.05, 0) is 13.0 Å². The quantitative estimate of drug-likeness (QED) is 0.691. The van der Waals surface area contributed by atoms with Crippen LogP contribution in [0.25, 0.3) is 0 Å². The summed E-state index contributed by atoms with van der Waals surface area (Å²) in [5, 5.41) is 3.51. The summed E-state index contributed by atoms with van der Waals surface area (Å²) in [6, 6.07) is -0.455. The highest BCUT2D eigenvalue weighted by Gasteiger charge is 2.23. The molecule has 6 heteroatoms. The van der Waals surface area contributed by atoms with E-state index >= 15 is 0 Å². The topological polar surface area (TPSA) is 72.5 Å². The van der Waals surface area contributed by atoms with E-state index in [-0.39, 0.29) is 12.4 Å². The van der Waals surface area contributed by atoms with E-state index in [4.69, 9.17) is 0 Å². The van der Waals surface area contributed by atoms with Crippen molar-refractivity contribution in [3.63, 3.8) is 0 Å². The van der Waals surface area contributed by atoms with E-state index in [9.17, 15) is 13.2 Å². The molecule has 0 saturated heterocycles. The monoisotopic (exact) mass is 205 g/mol. The molecule has 1 rings (SSSR count). The van der Waals surface area contributed by atoms with E-state index in [2.05, 4.69) is 10.1 Å². The summed E-state index contributed by atoms with van der Waals surface area (Å²) < 4.78 is 26.4. The van der Waals surface area contributed by atoms with Crippen LogP contribution in [-0.2, 0) is 14.6 Å². The lowest BCUT2D eigenvalue weighted by Crippen LogP contribution is -2.35. The fourth-order valence-electron chi connectivity index (χ4n) is 0.990. The summed E-state index contributed by atoms with van der Waals surface area (Å²) in [6.45, 7) is 1.95. The van der Waals surface area contributed by atoms with Crippen LogP contribution in [0.2, 0.25) is 0 Å².